The molecule has 0 radical (unpaired) electrons. The van der Waals surface area contributed by atoms with Crippen LogP contribution in [0.5, 0.6) is 0 Å². The van der Waals surface area contributed by atoms with Crippen LogP contribution in [0.4, 0.5) is 17.3 Å². The van der Waals surface area contributed by atoms with Crippen molar-refractivity contribution in [2.75, 3.05) is 29.5 Å². The fourth-order valence-corrected chi connectivity index (χ4v) is 1.82. The van der Waals surface area contributed by atoms with Crippen molar-refractivity contribution < 1.29 is 0 Å². The summed E-state index contributed by atoms with van der Waals surface area (Å²) in [5.41, 5.74) is 12.1. The van der Waals surface area contributed by atoms with E-state index in [0.29, 0.717) is 23.3 Å². The summed E-state index contributed by atoms with van der Waals surface area (Å²) < 4.78 is 0. The molecular weight excluding hydrogens is 236 g/mol. The Kier molecular flexibility index (Phi) is 5.93. The van der Waals surface area contributed by atoms with Gasteiger partial charge in [-0.25, -0.2) is 4.98 Å². The van der Waals surface area contributed by atoms with Crippen molar-refractivity contribution in [3.8, 4) is 0 Å². The highest BCUT2D eigenvalue weighted by atomic mass is 15.2. The van der Waals surface area contributed by atoms with E-state index in [1.807, 2.05) is 12.1 Å². The monoisotopic (exact) mass is 264 g/mol. The van der Waals surface area contributed by atoms with Gasteiger partial charge in [0.25, 0.3) is 0 Å². The lowest BCUT2D eigenvalue weighted by Crippen LogP contribution is -2.28. The van der Waals surface area contributed by atoms with Gasteiger partial charge in [-0.1, -0.05) is 27.7 Å². The van der Waals surface area contributed by atoms with Crippen LogP contribution in [0.2, 0.25) is 0 Å². The number of aromatic nitrogens is 1. The summed E-state index contributed by atoms with van der Waals surface area (Å²) in [6, 6.07) is 3.81. The first-order chi connectivity index (χ1) is 8.90. The average Bonchev–Trinajstić information content (AvgIpc) is 2.32. The van der Waals surface area contributed by atoms with Crippen molar-refractivity contribution in [2.45, 2.75) is 40.5 Å². The maximum atomic E-state index is 5.81. The van der Waals surface area contributed by atoms with Gasteiger partial charge in [0.1, 0.15) is 11.6 Å². The third-order valence-electron chi connectivity index (χ3n) is 3.22. The Morgan fingerprint density at radius 3 is 1.95 bits per heavy atom. The predicted molar refractivity (Wildman–Crippen MR) is 84.2 cm³/mol. The highest BCUT2D eigenvalue weighted by Gasteiger charge is 2.11. The molecule has 0 aliphatic heterocycles. The first-order valence-electron chi connectivity index (χ1n) is 7.17. The lowest BCUT2D eigenvalue weighted by Gasteiger charge is -2.26. The largest absolute Gasteiger partial charge is 0.396 e. The van der Waals surface area contributed by atoms with E-state index in [9.17, 15) is 0 Å². The standard InChI is InChI=1S/C15H28N4/c1-11(2)7-9-19(10-8-12(3)4)14-6-5-13(16)15(17)18-14/h5-6,11-12H,7-10,16H2,1-4H3,(H2,17,18). The van der Waals surface area contributed by atoms with Crippen LogP contribution in [-0.4, -0.2) is 18.1 Å². The molecule has 108 valence electrons. The lowest BCUT2D eigenvalue weighted by atomic mass is 10.1. The molecule has 0 aromatic carbocycles. The van der Waals surface area contributed by atoms with Crippen molar-refractivity contribution >= 4 is 17.3 Å². The summed E-state index contributed by atoms with van der Waals surface area (Å²) in [6.45, 7) is 11.0. The van der Waals surface area contributed by atoms with Gasteiger partial charge < -0.3 is 16.4 Å². The summed E-state index contributed by atoms with van der Waals surface area (Å²) in [5.74, 6) is 2.74. The van der Waals surface area contributed by atoms with E-state index in [2.05, 4.69) is 37.6 Å². The average molecular weight is 264 g/mol. The van der Waals surface area contributed by atoms with E-state index in [4.69, 9.17) is 11.5 Å². The summed E-state index contributed by atoms with van der Waals surface area (Å²) in [4.78, 5) is 6.72. The molecule has 1 aromatic heterocycles. The van der Waals surface area contributed by atoms with Gasteiger partial charge in [0, 0.05) is 13.1 Å². The third kappa shape index (κ3) is 5.37. The molecule has 4 heteroatoms. The van der Waals surface area contributed by atoms with E-state index in [1.54, 1.807) is 0 Å². The highest BCUT2D eigenvalue weighted by molar-refractivity contribution is 5.62. The Morgan fingerprint density at radius 2 is 1.53 bits per heavy atom. The molecule has 0 spiro atoms. The Balaban J connectivity index is 2.78. The highest BCUT2D eigenvalue weighted by Crippen LogP contribution is 2.20. The number of rotatable bonds is 7. The number of nitrogen functional groups attached to an aromatic ring is 2. The molecule has 0 atom stereocenters. The molecule has 1 rings (SSSR count). The fraction of sp³-hybridized carbons (Fsp3) is 0.667. The SMILES string of the molecule is CC(C)CCN(CCC(C)C)c1ccc(N)c(N)n1. The van der Waals surface area contributed by atoms with Crippen LogP contribution in [0.15, 0.2) is 12.1 Å². The summed E-state index contributed by atoms with van der Waals surface area (Å²) >= 11 is 0. The van der Waals surface area contributed by atoms with Crippen molar-refractivity contribution in [1.82, 2.24) is 4.98 Å². The second kappa shape index (κ2) is 7.22. The molecular formula is C15H28N4. The Labute approximate surface area is 117 Å². The molecule has 4 nitrogen and oxygen atoms in total. The van der Waals surface area contributed by atoms with Gasteiger partial charge in [-0.3, -0.25) is 0 Å². The molecule has 4 N–H and O–H groups in total. The summed E-state index contributed by atoms with van der Waals surface area (Å²) in [7, 11) is 0. The molecule has 0 aliphatic rings. The Bertz CT molecular complexity index is 376. The van der Waals surface area contributed by atoms with Crippen LogP contribution in [0.1, 0.15) is 40.5 Å². The van der Waals surface area contributed by atoms with Crippen LogP contribution >= 0.6 is 0 Å². The van der Waals surface area contributed by atoms with Gasteiger partial charge in [-0.05, 0) is 36.8 Å². The summed E-state index contributed by atoms with van der Waals surface area (Å²) in [6.07, 6.45) is 2.31. The van der Waals surface area contributed by atoms with Gasteiger partial charge in [0.05, 0.1) is 5.69 Å². The van der Waals surface area contributed by atoms with Crippen molar-refractivity contribution in [2.24, 2.45) is 11.8 Å². The van der Waals surface area contributed by atoms with Crippen molar-refractivity contribution in [3.05, 3.63) is 12.1 Å². The lowest BCUT2D eigenvalue weighted by molar-refractivity contribution is 0.533. The van der Waals surface area contributed by atoms with E-state index in [0.717, 1.165) is 31.7 Å². The maximum Gasteiger partial charge on any atom is 0.149 e. The zero-order valence-corrected chi connectivity index (χ0v) is 12.7. The van der Waals surface area contributed by atoms with Crippen LogP contribution in [-0.2, 0) is 0 Å². The predicted octanol–water partition coefficient (Wildman–Crippen LogP) is 3.14. The molecule has 1 heterocycles. The number of pyridine rings is 1. The van der Waals surface area contributed by atoms with Crippen molar-refractivity contribution in [3.63, 3.8) is 0 Å². The second-order valence-corrected chi connectivity index (χ2v) is 6.00. The number of anilines is 3. The first-order valence-corrected chi connectivity index (χ1v) is 7.17. The zero-order chi connectivity index (χ0) is 14.4. The maximum absolute atomic E-state index is 5.81. The van der Waals surface area contributed by atoms with Gasteiger partial charge in [-0.15, -0.1) is 0 Å². The van der Waals surface area contributed by atoms with E-state index in [1.165, 1.54) is 0 Å². The minimum absolute atomic E-state index is 0.427. The Morgan fingerprint density at radius 1 is 1.00 bits per heavy atom. The van der Waals surface area contributed by atoms with Crippen LogP contribution < -0.4 is 16.4 Å². The molecule has 0 unspecified atom stereocenters. The molecule has 0 bridgehead atoms. The topological polar surface area (TPSA) is 68.2 Å². The quantitative estimate of drug-likeness (QED) is 0.794. The van der Waals surface area contributed by atoms with Gasteiger partial charge >= 0.3 is 0 Å². The fourth-order valence-electron chi connectivity index (χ4n) is 1.82. The number of hydrogen-bond donors (Lipinski definition) is 2. The molecule has 0 aliphatic carbocycles. The van der Waals surface area contributed by atoms with E-state index < -0.39 is 0 Å². The van der Waals surface area contributed by atoms with E-state index >= 15 is 0 Å². The molecule has 1 aromatic rings. The second-order valence-electron chi connectivity index (χ2n) is 6.00. The Hall–Kier alpha value is -1.45. The molecule has 0 fully saturated rings. The number of nitrogens with zero attached hydrogens (tertiary/aromatic N) is 2. The van der Waals surface area contributed by atoms with Crippen LogP contribution in [0.25, 0.3) is 0 Å². The summed E-state index contributed by atoms with van der Waals surface area (Å²) in [5, 5.41) is 0. The smallest absolute Gasteiger partial charge is 0.149 e. The van der Waals surface area contributed by atoms with E-state index in [-0.39, 0.29) is 0 Å². The normalized spacial score (nSPS) is 11.3. The first kappa shape index (κ1) is 15.6. The van der Waals surface area contributed by atoms with Crippen LogP contribution in [0, 0.1) is 11.8 Å². The molecule has 0 amide bonds. The van der Waals surface area contributed by atoms with Crippen LogP contribution in [0.3, 0.4) is 0 Å². The van der Waals surface area contributed by atoms with Gasteiger partial charge in [0.2, 0.25) is 0 Å². The molecule has 0 saturated heterocycles. The number of hydrogen-bond acceptors (Lipinski definition) is 4. The van der Waals surface area contributed by atoms with Crippen molar-refractivity contribution in [1.29, 1.82) is 0 Å². The van der Waals surface area contributed by atoms with Gasteiger partial charge in [0.15, 0.2) is 0 Å². The minimum Gasteiger partial charge on any atom is -0.396 e. The molecule has 0 saturated carbocycles. The zero-order valence-electron chi connectivity index (χ0n) is 12.7. The minimum atomic E-state index is 0.427. The molecule has 19 heavy (non-hydrogen) atoms. The third-order valence-corrected chi connectivity index (χ3v) is 3.22. The number of nitrogens with two attached hydrogens (primary N) is 2. The van der Waals surface area contributed by atoms with Gasteiger partial charge in [-0.2, -0.15) is 0 Å².